The van der Waals surface area contributed by atoms with Crippen molar-refractivity contribution in [3.63, 3.8) is 0 Å². The van der Waals surface area contributed by atoms with E-state index in [0.29, 0.717) is 0 Å². The van der Waals surface area contributed by atoms with Crippen molar-refractivity contribution in [2.45, 2.75) is 45.7 Å². The summed E-state index contributed by atoms with van der Waals surface area (Å²) < 4.78 is 1.97. The minimum Gasteiger partial charge on any atom is -0.300 e. The van der Waals surface area contributed by atoms with Gasteiger partial charge in [0.25, 0.3) is 0 Å². The van der Waals surface area contributed by atoms with Gasteiger partial charge in [0.15, 0.2) is 0 Å². The van der Waals surface area contributed by atoms with Gasteiger partial charge in [-0.1, -0.05) is 11.6 Å². The number of aromatic nitrogens is 2. The molecule has 0 saturated heterocycles. The fourth-order valence-corrected chi connectivity index (χ4v) is 2.05. The quantitative estimate of drug-likeness (QED) is 0.744. The summed E-state index contributed by atoms with van der Waals surface area (Å²) in [7, 11) is 2.08. The lowest BCUT2D eigenvalue weighted by Gasteiger charge is -2.18. The Hall–Kier alpha value is -0.250. The number of hydrogen-bond acceptors (Lipinski definition) is 2. The van der Waals surface area contributed by atoms with Crippen molar-refractivity contribution >= 4 is 23.2 Å². The first-order valence-corrected chi connectivity index (χ1v) is 6.81. The van der Waals surface area contributed by atoms with Crippen LogP contribution in [0.2, 0.25) is 5.02 Å². The molecule has 0 spiro atoms. The first kappa shape index (κ1) is 14.8. The fourth-order valence-electron chi connectivity index (χ4n) is 1.75. The number of aryl methyl sites for hydroxylation is 2. The smallest absolute Gasteiger partial charge is 0.0860 e. The van der Waals surface area contributed by atoms with E-state index in [0.717, 1.165) is 42.5 Å². The lowest BCUT2D eigenvalue weighted by atomic mass is 10.3. The fraction of sp³-hybridized carbons (Fsp3) is 0.750. The standard InChI is InChI=1S/C12H21Cl2N3/c1-5-17-11(12(14)10(3)15-17)8-16(4)7-6-9(2)13/h9H,5-8H2,1-4H3. The van der Waals surface area contributed by atoms with E-state index in [-0.39, 0.29) is 5.38 Å². The zero-order chi connectivity index (χ0) is 13.0. The summed E-state index contributed by atoms with van der Waals surface area (Å²) in [5, 5.41) is 5.41. The molecule has 17 heavy (non-hydrogen) atoms. The van der Waals surface area contributed by atoms with Crippen LogP contribution in [0.4, 0.5) is 0 Å². The Bertz CT molecular complexity index is 361. The molecule has 0 N–H and O–H groups in total. The Morgan fingerprint density at radius 3 is 2.65 bits per heavy atom. The third kappa shape index (κ3) is 4.16. The summed E-state index contributed by atoms with van der Waals surface area (Å²) in [4.78, 5) is 2.23. The van der Waals surface area contributed by atoms with Gasteiger partial charge in [-0.25, -0.2) is 0 Å². The molecule has 1 aromatic rings. The molecule has 0 aliphatic rings. The molecule has 0 aliphatic carbocycles. The lowest BCUT2D eigenvalue weighted by Crippen LogP contribution is -2.23. The summed E-state index contributed by atoms with van der Waals surface area (Å²) in [5.74, 6) is 0. The predicted octanol–water partition coefficient (Wildman–Crippen LogP) is 3.31. The minimum absolute atomic E-state index is 0.214. The van der Waals surface area contributed by atoms with Crippen molar-refractivity contribution in [2.75, 3.05) is 13.6 Å². The molecule has 1 aromatic heterocycles. The zero-order valence-corrected chi connectivity index (χ0v) is 12.5. The van der Waals surface area contributed by atoms with Crippen LogP contribution in [0.25, 0.3) is 0 Å². The number of alkyl halides is 1. The van der Waals surface area contributed by atoms with E-state index in [1.807, 2.05) is 18.5 Å². The normalized spacial score (nSPS) is 13.4. The average molecular weight is 278 g/mol. The topological polar surface area (TPSA) is 21.1 Å². The van der Waals surface area contributed by atoms with Crippen molar-refractivity contribution < 1.29 is 0 Å². The summed E-state index contributed by atoms with van der Waals surface area (Å²) in [6.07, 6.45) is 0.981. The number of rotatable bonds is 6. The largest absolute Gasteiger partial charge is 0.300 e. The van der Waals surface area contributed by atoms with Gasteiger partial charge in [-0.05, 0) is 40.8 Å². The first-order valence-electron chi connectivity index (χ1n) is 6.00. The SMILES string of the molecule is CCn1nc(C)c(Cl)c1CN(C)CCC(C)Cl. The highest BCUT2D eigenvalue weighted by Crippen LogP contribution is 2.21. The summed E-state index contributed by atoms with van der Waals surface area (Å²) in [6.45, 7) is 8.67. The van der Waals surface area contributed by atoms with Crippen LogP contribution in [-0.4, -0.2) is 33.6 Å². The van der Waals surface area contributed by atoms with Gasteiger partial charge in [0.2, 0.25) is 0 Å². The number of hydrogen-bond donors (Lipinski definition) is 0. The van der Waals surface area contributed by atoms with Gasteiger partial charge in [0.1, 0.15) is 0 Å². The molecule has 0 amide bonds. The van der Waals surface area contributed by atoms with E-state index >= 15 is 0 Å². The van der Waals surface area contributed by atoms with Crippen LogP contribution in [0.15, 0.2) is 0 Å². The second-order valence-corrected chi connectivity index (χ2v) is 5.59. The van der Waals surface area contributed by atoms with Crippen LogP contribution in [-0.2, 0) is 13.1 Å². The molecule has 5 heteroatoms. The molecular weight excluding hydrogens is 257 g/mol. The predicted molar refractivity (Wildman–Crippen MR) is 73.9 cm³/mol. The number of halogens is 2. The molecule has 1 heterocycles. The average Bonchev–Trinajstić information content (AvgIpc) is 2.54. The molecule has 0 aromatic carbocycles. The van der Waals surface area contributed by atoms with Crippen LogP contribution in [0.5, 0.6) is 0 Å². The van der Waals surface area contributed by atoms with E-state index in [2.05, 4.69) is 24.0 Å². The van der Waals surface area contributed by atoms with Crippen molar-refractivity contribution in [2.24, 2.45) is 0 Å². The highest BCUT2D eigenvalue weighted by Gasteiger charge is 2.14. The highest BCUT2D eigenvalue weighted by molar-refractivity contribution is 6.31. The summed E-state index contributed by atoms with van der Waals surface area (Å²) in [6, 6.07) is 0. The Kier molecular flexibility index (Phi) is 5.77. The van der Waals surface area contributed by atoms with Gasteiger partial charge in [-0.2, -0.15) is 5.10 Å². The Morgan fingerprint density at radius 2 is 2.12 bits per heavy atom. The van der Waals surface area contributed by atoms with E-state index in [1.54, 1.807) is 0 Å². The zero-order valence-electron chi connectivity index (χ0n) is 11.0. The molecule has 0 saturated carbocycles. The van der Waals surface area contributed by atoms with Crippen molar-refractivity contribution in [1.82, 2.24) is 14.7 Å². The maximum absolute atomic E-state index is 6.26. The van der Waals surface area contributed by atoms with Gasteiger partial charge in [0.05, 0.1) is 16.4 Å². The molecular formula is C12H21Cl2N3. The lowest BCUT2D eigenvalue weighted by molar-refractivity contribution is 0.310. The second kappa shape index (κ2) is 6.62. The van der Waals surface area contributed by atoms with E-state index in [4.69, 9.17) is 23.2 Å². The monoisotopic (exact) mass is 277 g/mol. The molecule has 1 unspecified atom stereocenters. The second-order valence-electron chi connectivity index (χ2n) is 4.47. The van der Waals surface area contributed by atoms with Gasteiger partial charge in [-0.15, -0.1) is 11.6 Å². The Morgan fingerprint density at radius 1 is 1.47 bits per heavy atom. The van der Waals surface area contributed by atoms with Crippen molar-refractivity contribution in [3.8, 4) is 0 Å². The third-order valence-electron chi connectivity index (χ3n) is 2.78. The van der Waals surface area contributed by atoms with Gasteiger partial charge in [-0.3, -0.25) is 4.68 Å². The van der Waals surface area contributed by atoms with E-state index in [9.17, 15) is 0 Å². The molecule has 3 nitrogen and oxygen atoms in total. The summed E-state index contributed by atoms with van der Waals surface area (Å²) >= 11 is 12.2. The maximum Gasteiger partial charge on any atom is 0.0860 e. The maximum atomic E-state index is 6.26. The van der Waals surface area contributed by atoms with E-state index in [1.165, 1.54) is 0 Å². The Balaban J connectivity index is 2.67. The molecule has 1 rings (SSSR count). The molecule has 0 aliphatic heterocycles. The van der Waals surface area contributed by atoms with E-state index < -0.39 is 0 Å². The Labute approximate surface area is 114 Å². The molecule has 98 valence electrons. The van der Waals surface area contributed by atoms with Gasteiger partial charge < -0.3 is 4.90 Å². The summed E-state index contributed by atoms with van der Waals surface area (Å²) in [5.41, 5.74) is 2.00. The van der Waals surface area contributed by atoms with Crippen molar-refractivity contribution in [3.05, 3.63) is 16.4 Å². The first-order chi connectivity index (χ1) is 7.95. The van der Waals surface area contributed by atoms with Crippen LogP contribution in [0.1, 0.15) is 31.7 Å². The molecule has 0 fully saturated rings. The highest BCUT2D eigenvalue weighted by atomic mass is 35.5. The third-order valence-corrected chi connectivity index (χ3v) is 3.49. The molecule has 0 bridgehead atoms. The minimum atomic E-state index is 0.214. The number of nitrogens with zero attached hydrogens (tertiary/aromatic N) is 3. The van der Waals surface area contributed by atoms with Gasteiger partial charge >= 0.3 is 0 Å². The molecule has 1 atom stereocenters. The van der Waals surface area contributed by atoms with Crippen LogP contribution < -0.4 is 0 Å². The van der Waals surface area contributed by atoms with Gasteiger partial charge in [0, 0.05) is 18.5 Å². The van der Waals surface area contributed by atoms with Crippen LogP contribution in [0.3, 0.4) is 0 Å². The molecule has 0 radical (unpaired) electrons. The van der Waals surface area contributed by atoms with Crippen LogP contribution in [0, 0.1) is 6.92 Å². The van der Waals surface area contributed by atoms with Crippen molar-refractivity contribution in [1.29, 1.82) is 0 Å². The van der Waals surface area contributed by atoms with Crippen LogP contribution >= 0.6 is 23.2 Å².